The van der Waals surface area contributed by atoms with E-state index in [-0.39, 0.29) is 17.8 Å². The molecule has 3 aromatic rings. The van der Waals surface area contributed by atoms with Gasteiger partial charge in [-0.1, -0.05) is 18.2 Å². The van der Waals surface area contributed by atoms with Gasteiger partial charge in [0.05, 0.1) is 0 Å². The zero-order chi connectivity index (χ0) is 14.1. The Hall–Kier alpha value is -2.07. The number of rotatable bonds is 3. The van der Waals surface area contributed by atoms with Crippen LogP contribution in [-0.2, 0) is 6.42 Å². The highest BCUT2D eigenvalue weighted by molar-refractivity contribution is 7.17. The van der Waals surface area contributed by atoms with Crippen molar-refractivity contribution in [1.29, 1.82) is 0 Å². The lowest BCUT2D eigenvalue weighted by atomic mass is 10.0. The second kappa shape index (κ2) is 5.13. The number of halogens is 2. The van der Waals surface area contributed by atoms with E-state index in [0.717, 1.165) is 28.3 Å². The van der Waals surface area contributed by atoms with Crippen molar-refractivity contribution < 1.29 is 13.6 Å². The molecule has 100 valence electrons. The van der Waals surface area contributed by atoms with Crippen LogP contribution in [0.1, 0.15) is 15.9 Å². The summed E-state index contributed by atoms with van der Waals surface area (Å²) in [4.78, 5) is 12.3. The van der Waals surface area contributed by atoms with Gasteiger partial charge >= 0.3 is 0 Å². The second-order valence-corrected chi connectivity index (χ2v) is 5.39. The Morgan fingerprint density at radius 1 is 1.10 bits per heavy atom. The van der Waals surface area contributed by atoms with Gasteiger partial charge in [-0.05, 0) is 29.8 Å². The van der Waals surface area contributed by atoms with E-state index in [1.807, 2.05) is 24.3 Å². The van der Waals surface area contributed by atoms with Crippen LogP contribution in [0.15, 0.2) is 47.8 Å². The van der Waals surface area contributed by atoms with Gasteiger partial charge in [-0.3, -0.25) is 4.79 Å². The molecule has 4 heteroatoms. The molecule has 3 rings (SSSR count). The van der Waals surface area contributed by atoms with Gasteiger partial charge in [0, 0.05) is 27.5 Å². The van der Waals surface area contributed by atoms with Crippen LogP contribution in [0.25, 0.3) is 10.1 Å². The normalized spacial score (nSPS) is 10.9. The lowest BCUT2D eigenvalue weighted by molar-refractivity contribution is 0.0993. The Labute approximate surface area is 118 Å². The maximum absolute atomic E-state index is 13.6. The first-order valence-electron chi connectivity index (χ1n) is 6.08. The highest BCUT2D eigenvalue weighted by Crippen LogP contribution is 2.27. The van der Waals surface area contributed by atoms with Crippen molar-refractivity contribution in [2.24, 2.45) is 0 Å². The minimum Gasteiger partial charge on any atom is -0.294 e. The molecular weight excluding hydrogens is 278 g/mol. The molecule has 0 amide bonds. The van der Waals surface area contributed by atoms with Crippen molar-refractivity contribution in [1.82, 2.24) is 0 Å². The fraction of sp³-hybridized carbons (Fsp3) is 0.0625. The summed E-state index contributed by atoms with van der Waals surface area (Å²) in [5.74, 6) is -1.30. The molecule has 0 aliphatic carbocycles. The van der Waals surface area contributed by atoms with E-state index in [1.165, 1.54) is 11.3 Å². The predicted octanol–water partition coefficient (Wildman–Crippen LogP) is 4.60. The molecule has 0 fully saturated rings. The Morgan fingerprint density at radius 3 is 2.75 bits per heavy atom. The SMILES string of the molecule is O=C(Cc1cc(F)ccc1F)c1csc2ccccc12. The molecule has 0 aliphatic rings. The average molecular weight is 288 g/mol. The van der Waals surface area contributed by atoms with Crippen molar-refractivity contribution in [3.8, 4) is 0 Å². The summed E-state index contributed by atoms with van der Waals surface area (Å²) in [6, 6.07) is 10.7. The summed E-state index contributed by atoms with van der Waals surface area (Å²) in [6.07, 6.45) is -0.135. The number of carbonyl (C=O) groups is 1. The molecular formula is C16H10F2OS. The zero-order valence-corrected chi connectivity index (χ0v) is 11.2. The van der Waals surface area contributed by atoms with Gasteiger partial charge in [0.1, 0.15) is 11.6 Å². The maximum atomic E-state index is 13.6. The summed E-state index contributed by atoms with van der Waals surface area (Å²) >= 11 is 1.47. The highest BCUT2D eigenvalue weighted by atomic mass is 32.1. The lowest BCUT2D eigenvalue weighted by Crippen LogP contribution is -2.05. The third kappa shape index (κ3) is 2.34. The van der Waals surface area contributed by atoms with Gasteiger partial charge in [-0.25, -0.2) is 8.78 Å². The zero-order valence-electron chi connectivity index (χ0n) is 10.4. The van der Waals surface area contributed by atoms with Crippen LogP contribution in [0.3, 0.4) is 0 Å². The summed E-state index contributed by atoms with van der Waals surface area (Å²) in [5.41, 5.74) is 0.652. The van der Waals surface area contributed by atoms with Gasteiger partial charge in [-0.15, -0.1) is 11.3 Å². The number of fused-ring (bicyclic) bond motifs is 1. The van der Waals surface area contributed by atoms with E-state index in [2.05, 4.69) is 0 Å². The number of hydrogen-bond donors (Lipinski definition) is 0. The number of hydrogen-bond acceptors (Lipinski definition) is 2. The van der Waals surface area contributed by atoms with Crippen LogP contribution in [0.2, 0.25) is 0 Å². The topological polar surface area (TPSA) is 17.1 Å². The van der Waals surface area contributed by atoms with E-state index in [1.54, 1.807) is 5.38 Å². The van der Waals surface area contributed by atoms with Crippen molar-refractivity contribution in [2.45, 2.75) is 6.42 Å². The quantitative estimate of drug-likeness (QED) is 0.643. The Morgan fingerprint density at radius 2 is 1.90 bits per heavy atom. The lowest BCUT2D eigenvalue weighted by Gasteiger charge is -2.03. The number of carbonyl (C=O) groups excluding carboxylic acids is 1. The monoisotopic (exact) mass is 288 g/mol. The van der Waals surface area contributed by atoms with Gasteiger partial charge in [0.2, 0.25) is 0 Å². The molecule has 20 heavy (non-hydrogen) atoms. The number of ketones is 1. The Bertz CT molecular complexity index is 792. The molecule has 1 nitrogen and oxygen atoms in total. The molecule has 2 aromatic carbocycles. The van der Waals surface area contributed by atoms with Crippen molar-refractivity contribution >= 4 is 27.2 Å². The van der Waals surface area contributed by atoms with Crippen LogP contribution >= 0.6 is 11.3 Å². The first kappa shape index (κ1) is 12.9. The molecule has 0 bridgehead atoms. The summed E-state index contributed by atoms with van der Waals surface area (Å²) < 4.78 is 27.7. The minimum absolute atomic E-state index is 0.0882. The van der Waals surface area contributed by atoms with Gasteiger partial charge in [-0.2, -0.15) is 0 Å². The summed E-state index contributed by atoms with van der Waals surface area (Å²) in [6.45, 7) is 0. The van der Waals surface area contributed by atoms with Crippen LogP contribution < -0.4 is 0 Å². The first-order chi connectivity index (χ1) is 9.65. The second-order valence-electron chi connectivity index (χ2n) is 4.48. The standard InChI is InChI=1S/C16H10F2OS/c17-11-5-6-14(18)10(7-11)8-15(19)13-9-20-16-4-2-1-3-12(13)16/h1-7,9H,8H2. The maximum Gasteiger partial charge on any atom is 0.168 e. The first-order valence-corrected chi connectivity index (χ1v) is 6.96. The van der Waals surface area contributed by atoms with Crippen LogP contribution in [0, 0.1) is 11.6 Å². The minimum atomic E-state index is -0.556. The average Bonchev–Trinajstić information content (AvgIpc) is 2.87. The van der Waals surface area contributed by atoms with Gasteiger partial charge in [0.15, 0.2) is 5.78 Å². The highest BCUT2D eigenvalue weighted by Gasteiger charge is 2.15. The third-order valence-electron chi connectivity index (χ3n) is 3.14. The molecule has 0 aliphatic heterocycles. The molecule has 0 saturated heterocycles. The Kier molecular flexibility index (Phi) is 3.32. The van der Waals surface area contributed by atoms with Gasteiger partial charge in [0.25, 0.3) is 0 Å². The summed E-state index contributed by atoms with van der Waals surface area (Å²) in [7, 11) is 0. The fourth-order valence-electron chi connectivity index (χ4n) is 2.14. The van der Waals surface area contributed by atoms with E-state index < -0.39 is 11.6 Å². The summed E-state index contributed by atoms with van der Waals surface area (Å²) in [5, 5.41) is 2.63. The van der Waals surface area contributed by atoms with Crippen molar-refractivity contribution in [3.63, 3.8) is 0 Å². The molecule has 0 N–H and O–H groups in total. The van der Waals surface area contributed by atoms with Crippen LogP contribution in [0.4, 0.5) is 8.78 Å². The fourth-order valence-corrected chi connectivity index (χ4v) is 3.11. The molecule has 1 heterocycles. The molecule has 0 unspecified atom stereocenters. The van der Waals surface area contributed by atoms with E-state index in [4.69, 9.17) is 0 Å². The van der Waals surface area contributed by atoms with Gasteiger partial charge < -0.3 is 0 Å². The Balaban J connectivity index is 1.95. The molecule has 0 spiro atoms. The van der Waals surface area contributed by atoms with Crippen LogP contribution in [-0.4, -0.2) is 5.78 Å². The number of benzene rings is 2. The van der Waals surface area contributed by atoms with E-state index >= 15 is 0 Å². The molecule has 0 atom stereocenters. The van der Waals surface area contributed by atoms with Crippen molar-refractivity contribution in [2.75, 3.05) is 0 Å². The number of thiophene rings is 1. The largest absolute Gasteiger partial charge is 0.294 e. The van der Waals surface area contributed by atoms with E-state index in [9.17, 15) is 13.6 Å². The number of Topliss-reactive ketones (excluding diaryl/α,β-unsaturated/α-hetero) is 1. The molecule has 0 saturated carbocycles. The predicted molar refractivity (Wildman–Crippen MR) is 76.2 cm³/mol. The van der Waals surface area contributed by atoms with Crippen LogP contribution in [0.5, 0.6) is 0 Å². The van der Waals surface area contributed by atoms with E-state index in [0.29, 0.717) is 5.56 Å². The smallest absolute Gasteiger partial charge is 0.168 e. The van der Waals surface area contributed by atoms with Crippen molar-refractivity contribution in [3.05, 3.63) is 70.6 Å². The molecule has 1 aromatic heterocycles. The third-order valence-corrected chi connectivity index (χ3v) is 4.10. The molecule has 0 radical (unpaired) electrons.